The Kier molecular flexibility index (Phi) is 5.49. The molecule has 26 heavy (non-hydrogen) atoms. The van der Waals surface area contributed by atoms with Crippen molar-refractivity contribution in [2.24, 2.45) is 0 Å². The molecule has 0 spiro atoms. The van der Waals surface area contributed by atoms with Crippen LogP contribution in [0, 0.1) is 26.6 Å². The molecule has 1 saturated heterocycles. The fourth-order valence-corrected chi connectivity index (χ4v) is 5.97. The van der Waals surface area contributed by atoms with Crippen LogP contribution >= 0.6 is 0 Å². The van der Waals surface area contributed by atoms with E-state index in [0.717, 1.165) is 41.5 Å². The standard InChI is InChI=1S/C21H26FNO2S/c1-15-12-16(2)21(17(3)13-15)26(24,25)23-11-5-4-6-19(14-23)18-7-9-20(22)10-8-18/h7-10,12-13,19H,4-6,11,14H2,1-3H3. The van der Waals surface area contributed by atoms with Gasteiger partial charge in [-0.05, 0) is 68.4 Å². The number of aryl methyl sites for hydroxylation is 3. The minimum atomic E-state index is -3.55. The summed E-state index contributed by atoms with van der Waals surface area (Å²) in [6, 6.07) is 10.3. The molecule has 2 aromatic rings. The van der Waals surface area contributed by atoms with Crippen molar-refractivity contribution in [3.8, 4) is 0 Å². The second-order valence-corrected chi connectivity index (χ2v) is 9.21. The third kappa shape index (κ3) is 3.84. The van der Waals surface area contributed by atoms with E-state index in [4.69, 9.17) is 0 Å². The first kappa shape index (κ1) is 19.1. The number of halogens is 1. The van der Waals surface area contributed by atoms with Gasteiger partial charge in [-0.2, -0.15) is 4.31 Å². The van der Waals surface area contributed by atoms with Gasteiger partial charge in [-0.3, -0.25) is 0 Å². The maximum Gasteiger partial charge on any atom is 0.243 e. The molecule has 140 valence electrons. The van der Waals surface area contributed by atoms with E-state index in [-0.39, 0.29) is 11.7 Å². The Bertz CT molecular complexity index is 868. The van der Waals surface area contributed by atoms with Gasteiger partial charge in [0.25, 0.3) is 0 Å². The van der Waals surface area contributed by atoms with Gasteiger partial charge in [-0.1, -0.05) is 36.2 Å². The maximum absolute atomic E-state index is 13.4. The molecule has 0 bridgehead atoms. The Hall–Kier alpha value is -1.72. The Morgan fingerprint density at radius 3 is 2.23 bits per heavy atom. The molecular formula is C21H26FNO2S. The highest BCUT2D eigenvalue weighted by molar-refractivity contribution is 7.89. The molecule has 1 heterocycles. The number of benzene rings is 2. The van der Waals surface area contributed by atoms with E-state index in [1.165, 1.54) is 12.1 Å². The molecule has 3 nitrogen and oxygen atoms in total. The molecular weight excluding hydrogens is 349 g/mol. The molecule has 1 atom stereocenters. The van der Waals surface area contributed by atoms with Crippen LogP contribution < -0.4 is 0 Å². The van der Waals surface area contributed by atoms with Crippen LogP contribution in [-0.2, 0) is 10.0 Å². The van der Waals surface area contributed by atoms with Crippen molar-refractivity contribution in [1.29, 1.82) is 0 Å². The van der Waals surface area contributed by atoms with Gasteiger partial charge in [0.05, 0.1) is 4.90 Å². The van der Waals surface area contributed by atoms with Crippen molar-refractivity contribution in [3.63, 3.8) is 0 Å². The highest BCUT2D eigenvalue weighted by Crippen LogP contribution is 2.32. The highest BCUT2D eigenvalue weighted by atomic mass is 32.2. The fraction of sp³-hybridized carbons (Fsp3) is 0.429. The van der Waals surface area contributed by atoms with Crippen LogP contribution in [0.1, 0.15) is 47.4 Å². The lowest BCUT2D eigenvalue weighted by Crippen LogP contribution is -2.35. The lowest BCUT2D eigenvalue weighted by molar-refractivity contribution is 0.405. The van der Waals surface area contributed by atoms with Crippen LogP contribution in [0.4, 0.5) is 4.39 Å². The third-order valence-corrected chi connectivity index (χ3v) is 7.35. The van der Waals surface area contributed by atoms with Crippen molar-refractivity contribution in [2.45, 2.75) is 50.8 Å². The van der Waals surface area contributed by atoms with Crippen LogP contribution in [0.2, 0.25) is 0 Å². The molecule has 0 aromatic heterocycles. The molecule has 2 aromatic carbocycles. The largest absolute Gasteiger partial charge is 0.243 e. The summed E-state index contributed by atoms with van der Waals surface area (Å²) in [5.41, 5.74) is 3.67. The molecule has 3 rings (SSSR count). The maximum atomic E-state index is 13.4. The second-order valence-electron chi connectivity index (χ2n) is 7.34. The molecule has 5 heteroatoms. The molecule has 1 aliphatic heterocycles. The normalized spacial score (nSPS) is 19.3. The second kappa shape index (κ2) is 7.49. The lowest BCUT2D eigenvalue weighted by Gasteiger charge is -2.26. The number of nitrogens with zero attached hydrogens (tertiary/aromatic N) is 1. The van der Waals surface area contributed by atoms with E-state index >= 15 is 0 Å². The van der Waals surface area contributed by atoms with Gasteiger partial charge in [0.2, 0.25) is 10.0 Å². The van der Waals surface area contributed by atoms with Gasteiger partial charge in [-0.25, -0.2) is 12.8 Å². The molecule has 1 aliphatic rings. The summed E-state index contributed by atoms with van der Waals surface area (Å²) < 4.78 is 41.6. The van der Waals surface area contributed by atoms with Gasteiger partial charge >= 0.3 is 0 Å². The minimum absolute atomic E-state index is 0.0962. The van der Waals surface area contributed by atoms with Crippen molar-refractivity contribution in [2.75, 3.05) is 13.1 Å². The topological polar surface area (TPSA) is 37.4 Å². The zero-order valence-electron chi connectivity index (χ0n) is 15.6. The van der Waals surface area contributed by atoms with Crippen molar-refractivity contribution in [3.05, 3.63) is 64.5 Å². The van der Waals surface area contributed by atoms with Gasteiger partial charge in [-0.15, -0.1) is 0 Å². The van der Waals surface area contributed by atoms with Gasteiger partial charge in [0.1, 0.15) is 5.82 Å². The summed E-state index contributed by atoms with van der Waals surface area (Å²) in [5.74, 6) is -0.170. The van der Waals surface area contributed by atoms with Crippen molar-refractivity contribution >= 4 is 10.0 Å². The first-order valence-electron chi connectivity index (χ1n) is 9.12. The lowest BCUT2D eigenvalue weighted by atomic mass is 9.95. The third-order valence-electron chi connectivity index (χ3n) is 5.18. The predicted molar refractivity (Wildman–Crippen MR) is 102 cm³/mol. The zero-order valence-corrected chi connectivity index (χ0v) is 16.4. The van der Waals surface area contributed by atoms with E-state index in [9.17, 15) is 12.8 Å². The van der Waals surface area contributed by atoms with Gasteiger partial charge in [0, 0.05) is 13.1 Å². The number of hydrogen-bond donors (Lipinski definition) is 0. The van der Waals surface area contributed by atoms with Crippen LogP contribution in [0.25, 0.3) is 0 Å². The molecule has 1 fully saturated rings. The first-order valence-corrected chi connectivity index (χ1v) is 10.6. The van der Waals surface area contributed by atoms with Gasteiger partial charge < -0.3 is 0 Å². The van der Waals surface area contributed by atoms with E-state index < -0.39 is 10.0 Å². The smallest absolute Gasteiger partial charge is 0.207 e. The zero-order chi connectivity index (χ0) is 18.9. The molecule has 1 unspecified atom stereocenters. The Labute approximate surface area is 155 Å². The highest BCUT2D eigenvalue weighted by Gasteiger charge is 2.31. The van der Waals surface area contributed by atoms with Crippen LogP contribution in [0.15, 0.2) is 41.3 Å². The van der Waals surface area contributed by atoms with Gasteiger partial charge in [0.15, 0.2) is 0 Å². The quantitative estimate of drug-likeness (QED) is 0.779. The average molecular weight is 376 g/mol. The predicted octanol–water partition coefficient (Wildman–Crippen LogP) is 4.71. The summed E-state index contributed by atoms with van der Waals surface area (Å²) >= 11 is 0. The van der Waals surface area contributed by atoms with Crippen LogP contribution in [0.3, 0.4) is 0 Å². The van der Waals surface area contributed by atoms with Crippen LogP contribution in [0.5, 0.6) is 0 Å². The summed E-state index contributed by atoms with van der Waals surface area (Å²) in [6.07, 6.45) is 2.74. The molecule has 0 N–H and O–H groups in total. The molecule has 0 radical (unpaired) electrons. The Morgan fingerprint density at radius 1 is 1.00 bits per heavy atom. The summed E-state index contributed by atoms with van der Waals surface area (Å²) in [5, 5.41) is 0. The van der Waals surface area contributed by atoms with E-state index in [2.05, 4.69) is 0 Å². The number of rotatable bonds is 3. The number of sulfonamides is 1. The molecule has 0 aliphatic carbocycles. The van der Waals surface area contributed by atoms with E-state index in [1.807, 2.05) is 32.9 Å². The average Bonchev–Trinajstić information content (AvgIpc) is 2.81. The monoisotopic (exact) mass is 375 g/mol. The SMILES string of the molecule is Cc1cc(C)c(S(=O)(=O)N2CCCCC(c3ccc(F)cc3)C2)c(C)c1. The summed E-state index contributed by atoms with van der Waals surface area (Å²) in [4.78, 5) is 0.433. The van der Waals surface area contributed by atoms with Crippen molar-refractivity contribution in [1.82, 2.24) is 4.31 Å². The van der Waals surface area contributed by atoms with E-state index in [1.54, 1.807) is 16.4 Å². The van der Waals surface area contributed by atoms with E-state index in [0.29, 0.717) is 18.0 Å². The molecule has 0 amide bonds. The minimum Gasteiger partial charge on any atom is -0.207 e. The van der Waals surface area contributed by atoms with Crippen LogP contribution in [-0.4, -0.2) is 25.8 Å². The number of hydrogen-bond acceptors (Lipinski definition) is 2. The Balaban J connectivity index is 1.95. The first-order chi connectivity index (χ1) is 12.3. The Morgan fingerprint density at radius 2 is 1.62 bits per heavy atom. The summed E-state index contributed by atoms with van der Waals surface area (Å²) in [7, 11) is -3.55. The molecule has 0 saturated carbocycles. The summed E-state index contributed by atoms with van der Waals surface area (Å²) in [6.45, 7) is 6.69. The fourth-order valence-electron chi connectivity index (χ4n) is 4.04. The van der Waals surface area contributed by atoms with Crippen molar-refractivity contribution < 1.29 is 12.8 Å².